The Morgan fingerprint density at radius 1 is 1.00 bits per heavy atom. The largest absolute Gasteiger partial charge is 0.466 e. The van der Waals surface area contributed by atoms with Crippen LogP contribution < -0.4 is 0 Å². The Morgan fingerprint density at radius 3 is 2.07 bits per heavy atom. The van der Waals surface area contributed by atoms with Crippen LogP contribution in [-0.4, -0.2) is 49.5 Å². The van der Waals surface area contributed by atoms with Crippen molar-refractivity contribution in [3.8, 4) is 0 Å². The van der Waals surface area contributed by atoms with Crippen molar-refractivity contribution in [3.63, 3.8) is 0 Å². The van der Waals surface area contributed by atoms with Crippen molar-refractivity contribution in [1.29, 1.82) is 0 Å². The standard InChI is InChI=1S/C23H27NO6/c1-17(29-16-19-12-8-5-9-13-19)20-15-24(14-18-10-6-4-7-11-18)30-23(20,21(25)27-2)22(26)28-3/h4-13,17,20H,14-16H2,1-3H3/t17-,20+/m0/s1. The number of hydroxylamine groups is 2. The maximum atomic E-state index is 12.8. The zero-order chi connectivity index (χ0) is 21.6. The minimum atomic E-state index is -1.92. The molecule has 1 heterocycles. The van der Waals surface area contributed by atoms with Crippen LogP contribution >= 0.6 is 0 Å². The molecule has 0 unspecified atom stereocenters. The van der Waals surface area contributed by atoms with Crippen LogP contribution in [0.1, 0.15) is 18.1 Å². The minimum absolute atomic E-state index is 0.301. The van der Waals surface area contributed by atoms with Gasteiger partial charge in [-0.25, -0.2) is 9.59 Å². The number of rotatable bonds is 8. The van der Waals surface area contributed by atoms with Gasteiger partial charge in [0.1, 0.15) is 0 Å². The summed E-state index contributed by atoms with van der Waals surface area (Å²) < 4.78 is 15.9. The average molecular weight is 413 g/mol. The molecule has 2 aromatic carbocycles. The van der Waals surface area contributed by atoms with E-state index in [4.69, 9.17) is 19.0 Å². The maximum Gasteiger partial charge on any atom is 0.352 e. The van der Waals surface area contributed by atoms with Crippen molar-refractivity contribution in [2.75, 3.05) is 20.8 Å². The van der Waals surface area contributed by atoms with Crippen LogP contribution in [0.3, 0.4) is 0 Å². The first-order valence-corrected chi connectivity index (χ1v) is 9.81. The predicted molar refractivity (Wildman–Crippen MR) is 109 cm³/mol. The number of carbonyl (C=O) groups is 2. The predicted octanol–water partition coefficient (Wildman–Crippen LogP) is 2.74. The Labute approximate surface area is 176 Å². The summed E-state index contributed by atoms with van der Waals surface area (Å²) in [4.78, 5) is 31.5. The van der Waals surface area contributed by atoms with E-state index in [0.29, 0.717) is 19.7 Å². The second-order valence-corrected chi connectivity index (χ2v) is 7.23. The summed E-state index contributed by atoms with van der Waals surface area (Å²) >= 11 is 0. The Hall–Kier alpha value is -2.74. The number of hydrogen-bond acceptors (Lipinski definition) is 7. The molecule has 2 aromatic rings. The number of hydrogen-bond donors (Lipinski definition) is 0. The van der Waals surface area contributed by atoms with Gasteiger partial charge in [0.25, 0.3) is 5.60 Å². The van der Waals surface area contributed by atoms with Gasteiger partial charge >= 0.3 is 11.9 Å². The maximum absolute atomic E-state index is 12.8. The highest BCUT2D eigenvalue weighted by Gasteiger charge is 2.64. The first-order chi connectivity index (χ1) is 14.5. The first kappa shape index (κ1) is 22.0. The SMILES string of the molecule is COC(=O)C1(C(=O)OC)ON(Cc2ccccc2)C[C@@H]1[C@H](C)OCc1ccccc1. The smallest absolute Gasteiger partial charge is 0.352 e. The van der Waals surface area contributed by atoms with E-state index < -0.39 is 29.6 Å². The van der Waals surface area contributed by atoms with Gasteiger partial charge in [-0.3, -0.25) is 4.84 Å². The Balaban J connectivity index is 1.85. The summed E-state index contributed by atoms with van der Waals surface area (Å²) in [5, 5.41) is 1.59. The highest BCUT2D eigenvalue weighted by Crippen LogP contribution is 2.38. The van der Waals surface area contributed by atoms with E-state index in [0.717, 1.165) is 11.1 Å². The van der Waals surface area contributed by atoms with E-state index in [1.54, 1.807) is 5.06 Å². The van der Waals surface area contributed by atoms with Crippen LogP contribution in [0.2, 0.25) is 0 Å². The number of esters is 2. The second-order valence-electron chi connectivity index (χ2n) is 7.23. The molecule has 1 fully saturated rings. The molecule has 7 nitrogen and oxygen atoms in total. The average Bonchev–Trinajstić information content (AvgIpc) is 3.18. The number of methoxy groups -OCH3 is 2. The van der Waals surface area contributed by atoms with E-state index >= 15 is 0 Å². The fourth-order valence-electron chi connectivity index (χ4n) is 3.70. The summed E-state index contributed by atoms with van der Waals surface area (Å²) in [5.41, 5.74) is 0.0553. The number of nitrogens with zero attached hydrogens (tertiary/aromatic N) is 1. The van der Waals surface area contributed by atoms with Gasteiger partial charge < -0.3 is 14.2 Å². The fourth-order valence-corrected chi connectivity index (χ4v) is 3.70. The van der Waals surface area contributed by atoms with E-state index in [2.05, 4.69) is 0 Å². The minimum Gasteiger partial charge on any atom is -0.466 e. The van der Waals surface area contributed by atoms with Crippen molar-refractivity contribution in [2.24, 2.45) is 5.92 Å². The number of ether oxygens (including phenoxy) is 3. The third kappa shape index (κ3) is 4.53. The molecule has 0 amide bonds. The molecule has 30 heavy (non-hydrogen) atoms. The molecular formula is C23H27NO6. The lowest BCUT2D eigenvalue weighted by molar-refractivity contribution is -0.231. The second kappa shape index (κ2) is 9.84. The zero-order valence-electron chi connectivity index (χ0n) is 17.4. The van der Waals surface area contributed by atoms with Gasteiger partial charge in [-0.2, -0.15) is 5.06 Å². The van der Waals surface area contributed by atoms with Crippen LogP contribution in [0.4, 0.5) is 0 Å². The molecule has 0 saturated carbocycles. The van der Waals surface area contributed by atoms with Gasteiger partial charge in [-0.15, -0.1) is 0 Å². The Kier molecular flexibility index (Phi) is 7.20. The molecule has 0 spiro atoms. The third-order valence-corrected chi connectivity index (χ3v) is 5.30. The van der Waals surface area contributed by atoms with Gasteiger partial charge in [0, 0.05) is 13.1 Å². The lowest BCUT2D eigenvalue weighted by atomic mass is 9.84. The van der Waals surface area contributed by atoms with E-state index in [-0.39, 0.29) is 0 Å². The summed E-state index contributed by atoms with van der Waals surface area (Å²) in [6.45, 7) is 2.87. The highest BCUT2D eigenvalue weighted by molar-refractivity contribution is 6.04. The van der Waals surface area contributed by atoms with Crippen molar-refractivity contribution < 1.29 is 28.6 Å². The molecule has 0 aliphatic carbocycles. The molecule has 0 bridgehead atoms. The Morgan fingerprint density at radius 2 is 1.53 bits per heavy atom. The summed E-state index contributed by atoms with van der Waals surface area (Å²) in [5.74, 6) is -2.22. The lowest BCUT2D eigenvalue weighted by Crippen LogP contribution is -2.56. The summed E-state index contributed by atoms with van der Waals surface area (Å²) in [7, 11) is 2.45. The topological polar surface area (TPSA) is 74.3 Å². The van der Waals surface area contributed by atoms with E-state index in [1.807, 2.05) is 67.6 Å². The van der Waals surface area contributed by atoms with E-state index in [1.165, 1.54) is 14.2 Å². The van der Waals surface area contributed by atoms with Crippen molar-refractivity contribution in [2.45, 2.75) is 31.8 Å². The van der Waals surface area contributed by atoms with Crippen molar-refractivity contribution >= 4 is 11.9 Å². The molecule has 7 heteroatoms. The third-order valence-electron chi connectivity index (χ3n) is 5.30. The van der Waals surface area contributed by atoms with Crippen LogP contribution in [0, 0.1) is 5.92 Å². The normalized spacial score (nSPS) is 19.2. The lowest BCUT2D eigenvalue weighted by Gasteiger charge is -2.31. The highest BCUT2D eigenvalue weighted by atomic mass is 16.7. The van der Waals surface area contributed by atoms with Gasteiger partial charge in [0.2, 0.25) is 0 Å². The Bertz CT molecular complexity index is 825. The van der Waals surface area contributed by atoms with E-state index in [9.17, 15) is 9.59 Å². The van der Waals surface area contributed by atoms with Crippen molar-refractivity contribution in [1.82, 2.24) is 5.06 Å². The fraction of sp³-hybridized carbons (Fsp3) is 0.391. The number of benzene rings is 2. The quantitative estimate of drug-likeness (QED) is 0.487. The molecule has 3 rings (SSSR count). The summed E-state index contributed by atoms with van der Waals surface area (Å²) in [6.07, 6.45) is -0.482. The summed E-state index contributed by atoms with van der Waals surface area (Å²) in [6, 6.07) is 19.3. The molecular weight excluding hydrogens is 386 g/mol. The van der Waals surface area contributed by atoms with Gasteiger partial charge in [0.15, 0.2) is 0 Å². The van der Waals surface area contributed by atoms with Crippen LogP contribution in [0.5, 0.6) is 0 Å². The monoisotopic (exact) mass is 413 g/mol. The molecule has 0 N–H and O–H groups in total. The molecule has 160 valence electrons. The molecule has 0 aromatic heterocycles. The van der Waals surface area contributed by atoms with Crippen LogP contribution in [0.15, 0.2) is 60.7 Å². The van der Waals surface area contributed by atoms with Gasteiger partial charge in [-0.05, 0) is 18.1 Å². The van der Waals surface area contributed by atoms with Gasteiger partial charge in [0.05, 0.1) is 32.8 Å². The van der Waals surface area contributed by atoms with Gasteiger partial charge in [-0.1, -0.05) is 60.7 Å². The van der Waals surface area contributed by atoms with Crippen LogP contribution in [0.25, 0.3) is 0 Å². The molecule has 0 radical (unpaired) electrons. The molecule has 1 saturated heterocycles. The molecule has 1 aliphatic rings. The molecule has 1 aliphatic heterocycles. The van der Waals surface area contributed by atoms with Crippen LogP contribution in [-0.2, 0) is 41.8 Å². The number of carbonyl (C=O) groups excluding carboxylic acids is 2. The molecule has 2 atom stereocenters. The first-order valence-electron chi connectivity index (χ1n) is 9.81. The van der Waals surface area contributed by atoms with Crippen molar-refractivity contribution in [3.05, 3.63) is 71.8 Å². The zero-order valence-corrected chi connectivity index (χ0v) is 17.4.